The number of aliphatic hydroxyl groups excluding tert-OH is 1. The Morgan fingerprint density at radius 1 is 1.54 bits per heavy atom. The molecule has 3 nitrogen and oxygen atoms in total. The molecule has 13 heavy (non-hydrogen) atoms. The SMILES string of the molecule is C[C@@H](CCO)C[C@@H]1COC(C)(C)O1. The Balaban J connectivity index is 2.24. The summed E-state index contributed by atoms with van der Waals surface area (Å²) in [4.78, 5) is 0. The maximum atomic E-state index is 8.74. The van der Waals surface area contributed by atoms with Gasteiger partial charge in [0.2, 0.25) is 0 Å². The molecule has 2 atom stereocenters. The van der Waals surface area contributed by atoms with Gasteiger partial charge in [-0.05, 0) is 32.6 Å². The van der Waals surface area contributed by atoms with Crippen molar-refractivity contribution in [1.29, 1.82) is 0 Å². The minimum Gasteiger partial charge on any atom is -0.396 e. The number of rotatable bonds is 4. The Morgan fingerprint density at radius 3 is 2.69 bits per heavy atom. The summed E-state index contributed by atoms with van der Waals surface area (Å²) in [5, 5.41) is 8.74. The van der Waals surface area contributed by atoms with Crippen molar-refractivity contribution < 1.29 is 14.6 Å². The quantitative estimate of drug-likeness (QED) is 0.727. The number of aliphatic hydroxyl groups is 1. The summed E-state index contributed by atoms with van der Waals surface area (Å²) in [7, 11) is 0. The molecular formula is C10H20O3. The summed E-state index contributed by atoms with van der Waals surface area (Å²) < 4.78 is 11.1. The normalized spacial score (nSPS) is 29.1. The third-order valence-corrected chi connectivity index (χ3v) is 2.35. The minimum atomic E-state index is -0.413. The fourth-order valence-electron chi connectivity index (χ4n) is 1.67. The van der Waals surface area contributed by atoms with E-state index in [0.29, 0.717) is 12.5 Å². The molecule has 0 spiro atoms. The van der Waals surface area contributed by atoms with Gasteiger partial charge >= 0.3 is 0 Å². The van der Waals surface area contributed by atoms with E-state index >= 15 is 0 Å². The van der Waals surface area contributed by atoms with Crippen LogP contribution in [0.15, 0.2) is 0 Å². The van der Waals surface area contributed by atoms with E-state index in [9.17, 15) is 0 Å². The van der Waals surface area contributed by atoms with E-state index < -0.39 is 5.79 Å². The summed E-state index contributed by atoms with van der Waals surface area (Å²) in [5.41, 5.74) is 0. The van der Waals surface area contributed by atoms with Gasteiger partial charge in [-0.15, -0.1) is 0 Å². The van der Waals surface area contributed by atoms with Crippen molar-refractivity contribution in [2.45, 2.75) is 45.5 Å². The molecule has 0 aromatic rings. The molecule has 0 unspecified atom stereocenters. The second-order valence-corrected chi connectivity index (χ2v) is 4.30. The fourth-order valence-corrected chi connectivity index (χ4v) is 1.67. The van der Waals surface area contributed by atoms with Crippen molar-refractivity contribution in [2.75, 3.05) is 13.2 Å². The maximum Gasteiger partial charge on any atom is 0.163 e. The second-order valence-electron chi connectivity index (χ2n) is 4.30. The first-order valence-electron chi connectivity index (χ1n) is 4.96. The van der Waals surface area contributed by atoms with E-state index in [2.05, 4.69) is 6.92 Å². The van der Waals surface area contributed by atoms with Crippen LogP contribution in [0.2, 0.25) is 0 Å². The van der Waals surface area contributed by atoms with E-state index in [0.717, 1.165) is 12.8 Å². The zero-order valence-electron chi connectivity index (χ0n) is 8.75. The van der Waals surface area contributed by atoms with Gasteiger partial charge in [0.05, 0.1) is 12.7 Å². The molecule has 1 fully saturated rings. The molecular weight excluding hydrogens is 168 g/mol. The first kappa shape index (κ1) is 11.0. The van der Waals surface area contributed by atoms with E-state index in [4.69, 9.17) is 14.6 Å². The molecule has 3 heteroatoms. The van der Waals surface area contributed by atoms with Crippen molar-refractivity contribution in [2.24, 2.45) is 5.92 Å². The van der Waals surface area contributed by atoms with E-state index in [-0.39, 0.29) is 12.7 Å². The highest BCUT2D eigenvalue weighted by Crippen LogP contribution is 2.26. The van der Waals surface area contributed by atoms with Crippen LogP contribution >= 0.6 is 0 Å². The molecule has 0 bridgehead atoms. The van der Waals surface area contributed by atoms with Gasteiger partial charge in [-0.25, -0.2) is 0 Å². The third kappa shape index (κ3) is 3.63. The van der Waals surface area contributed by atoms with Gasteiger partial charge in [0, 0.05) is 6.61 Å². The van der Waals surface area contributed by atoms with E-state index in [1.807, 2.05) is 13.8 Å². The lowest BCUT2D eigenvalue weighted by Crippen LogP contribution is -2.22. The van der Waals surface area contributed by atoms with E-state index in [1.54, 1.807) is 0 Å². The molecule has 0 saturated carbocycles. The second kappa shape index (κ2) is 4.40. The van der Waals surface area contributed by atoms with Crippen molar-refractivity contribution in [3.63, 3.8) is 0 Å². The van der Waals surface area contributed by atoms with Crippen LogP contribution in [0.4, 0.5) is 0 Å². The Labute approximate surface area is 80.0 Å². The molecule has 1 heterocycles. The lowest BCUT2D eigenvalue weighted by Gasteiger charge is -2.18. The monoisotopic (exact) mass is 188 g/mol. The Morgan fingerprint density at radius 2 is 2.23 bits per heavy atom. The molecule has 1 N–H and O–H groups in total. The summed E-state index contributed by atoms with van der Waals surface area (Å²) in [5.74, 6) is 0.0939. The highest BCUT2D eigenvalue weighted by Gasteiger charge is 2.32. The maximum absolute atomic E-state index is 8.74. The molecule has 0 aromatic carbocycles. The predicted molar refractivity (Wildman–Crippen MR) is 50.4 cm³/mol. The van der Waals surface area contributed by atoms with Crippen LogP contribution < -0.4 is 0 Å². The fraction of sp³-hybridized carbons (Fsp3) is 1.00. The van der Waals surface area contributed by atoms with Crippen LogP contribution in [0.1, 0.15) is 33.6 Å². The molecule has 0 aliphatic carbocycles. The number of hydrogen-bond donors (Lipinski definition) is 1. The van der Waals surface area contributed by atoms with Gasteiger partial charge in [0.15, 0.2) is 5.79 Å². The Bertz CT molecular complexity index is 156. The highest BCUT2D eigenvalue weighted by atomic mass is 16.7. The molecule has 1 aliphatic heterocycles. The van der Waals surface area contributed by atoms with Crippen LogP contribution in [-0.2, 0) is 9.47 Å². The van der Waals surface area contributed by atoms with Crippen LogP contribution in [0.25, 0.3) is 0 Å². The third-order valence-electron chi connectivity index (χ3n) is 2.35. The first-order valence-corrected chi connectivity index (χ1v) is 4.96. The van der Waals surface area contributed by atoms with Crippen molar-refractivity contribution in [3.05, 3.63) is 0 Å². The lowest BCUT2D eigenvalue weighted by atomic mass is 10.0. The smallest absolute Gasteiger partial charge is 0.163 e. The Kier molecular flexibility index (Phi) is 3.71. The van der Waals surface area contributed by atoms with Gasteiger partial charge in [-0.3, -0.25) is 0 Å². The highest BCUT2D eigenvalue weighted by molar-refractivity contribution is 4.72. The molecule has 1 saturated heterocycles. The zero-order valence-corrected chi connectivity index (χ0v) is 8.75. The standard InChI is InChI=1S/C10H20O3/c1-8(4-5-11)6-9-7-12-10(2,3)13-9/h8-9,11H,4-7H2,1-3H3/t8-,9+/m0/s1. The largest absolute Gasteiger partial charge is 0.396 e. The Hall–Kier alpha value is -0.120. The summed E-state index contributed by atoms with van der Waals surface area (Å²) in [6.45, 7) is 6.94. The van der Waals surface area contributed by atoms with Crippen molar-refractivity contribution >= 4 is 0 Å². The number of hydrogen-bond acceptors (Lipinski definition) is 3. The van der Waals surface area contributed by atoms with Gasteiger partial charge in [-0.1, -0.05) is 6.92 Å². The van der Waals surface area contributed by atoms with Crippen LogP contribution in [0, 0.1) is 5.92 Å². The summed E-state index contributed by atoms with van der Waals surface area (Å²) >= 11 is 0. The molecule has 1 rings (SSSR count). The molecule has 0 amide bonds. The predicted octanol–water partition coefficient (Wildman–Crippen LogP) is 1.55. The number of ether oxygens (including phenoxy) is 2. The average molecular weight is 188 g/mol. The topological polar surface area (TPSA) is 38.7 Å². The first-order chi connectivity index (χ1) is 6.03. The van der Waals surface area contributed by atoms with E-state index in [1.165, 1.54) is 0 Å². The van der Waals surface area contributed by atoms with Crippen molar-refractivity contribution in [1.82, 2.24) is 0 Å². The average Bonchev–Trinajstić information content (AvgIpc) is 2.30. The molecule has 0 radical (unpaired) electrons. The lowest BCUT2D eigenvalue weighted by molar-refractivity contribution is -0.140. The molecule has 0 aromatic heterocycles. The summed E-state index contributed by atoms with van der Waals surface area (Å²) in [6, 6.07) is 0. The molecule has 1 aliphatic rings. The van der Waals surface area contributed by atoms with Crippen LogP contribution in [0.5, 0.6) is 0 Å². The van der Waals surface area contributed by atoms with Crippen LogP contribution in [0.3, 0.4) is 0 Å². The van der Waals surface area contributed by atoms with Gasteiger partial charge in [-0.2, -0.15) is 0 Å². The minimum absolute atomic E-state index is 0.205. The zero-order chi connectivity index (χ0) is 9.90. The van der Waals surface area contributed by atoms with Gasteiger partial charge < -0.3 is 14.6 Å². The molecule has 78 valence electrons. The van der Waals surface area contributed by atoms with Crippen LogP contribution in [-0.4, -0.2) is 30.2 Å². The van der Waals surface area contributed by atoms with Crippen molar-refractivity contribution in [3.8, 4) is 0 Å². The van der Waals surface area contributed by atoms with Gasteiger partial charge in [0.25, 0.3) is 0 Å². The summed E-state index contributed by atoms with van der Waals surface area (Å²) in [6.07, 6.45) is 2.03. The van der Waals surface area contributed by atoms with Gasteiger partial charge in [0.1, 0.15) is 0 Å².